The first kappa shape index (κ1) is 20.2. The van der Waals surface area contributed by atoms with Crippen molar-refractivity contribution in [3.63, 3.8) is 0 Å². The van der Waals surface area contributed by atoms with Crippen LogP contribution in [0, 0.1) is 0 Å². The maximum Gasteiger partial charge on any atom is 0.499 e. The molecule has 1 fully saturated rings. The molecule has 0 aromatic heterocycles. The van der Waals surface area contributed by atoms with Crippen LogP contribution in [-0.2, 0) is 11.7 Å². The van der Waals surface area contributed by atoms with Gasteiger partial charge in [-0.2, -0.15) is 22.0 Å². The van der Waals surface area contributed by atoms with E-state index < -0.39 is 18.0 Å². The molecular formula is C19H18F5N2O2. The Morgan fingerprint density at radius 2 is 1.39 bits per heavy atom. The lowest BCUT2D eigenvalue weighted by Crippen LogP contribution is -2.45. The zero-order valence-electron chi connectivity index (χ0n) is 14.8. The van der Waals surface area contributed by atoms with Crippen LogP contribution in [0.4, 0.5) is 27.6 Å². The molecule has 9 heteroatoms. The lowest BCUT2D eigenvalue weighted by atomic mass is 10.2. The van der Waals surface area contributed by atoms with E-state index in [4.69, 9.17) is 0 Å². The van der Waals surface area contributed by atoms with Gasteiger partial charge in [0.25, 0.3) is 0 Å². The van der Waals surface area contributed by atoms with E-state index in [-0.39, 0.29) is 5.75 Å². The Bertz CT molecular complexity index is 770. The third-order valence-corrected chi connectivity index (χ3v) is 4.48. The summed E-state index contributed by atoms with van der Waals surface area (Å²) in [6, 6.07) is 11.8. The van der Waals surface area contributed by atoms with Gasteiger partial charge >= 0.3 is 12.3 Å². The van der Waals surface area contributed by atoms with Crippen LogP contribution in [-0.4, -0.2) is 43.4 Å². The molecule has 28 heavy (non-hydrogen) atoms. The highest BCUT2D eigenvalue weighted by Gasteiger charge is 2.61. The van der Waals surface area contributed by atoms with Gasteiger partial charge in [0, 0.05) is 38.4 Å². The number of halogens is 5. The van der Waals surface area contributed by atoms with E-state index in [2.05, 4.69) is 14.5 Å². The molecule has 0 saturated carbocycles. The van der Waals surface area contributed by atoms with Gasteiger partial charge in [0.15, 0.2) is 5.75 Å². The van der Waals surface area contributed by atoms with Gasteiger partial charge in [0.2, 0.25) is 0 Å². The van der Waals surface area contributed by atoms with E-state index >= 15 is 0 Å². The van der Waals surface area contributed by atoms with Gasteiger partial charge in [-0.3, -0.25) is 10.0 Å². The number of rotatable bonds is 5. The molecule has 1 saturated heterocycles. The van der Waals surface area contributed by atoms with E-state index in [0.717, 1.165) is 49.6 Å². The Morgan fingerprint density at radius 1 is 0.821 bits per heavy atom. The van der Waals surface area contributed by atoms with Crippen molar-refractivity contribution in [1.29, 1.82) is 0 Å². The van der Waals surface area contributed by atoms with Gasteiger partial charge in [-0.15, -0.1) is 0 Å². The fourth-order valence-corrected chi connectivity index (χ4v) is 2.95. The predicted octanol–water partition coefficient (Wildman–Crippen LogP) is 4.69. The van der Waals surface area contributed by atoms with E-state index in [9.17, 15) is 27.1 Å². The van der Waals surface area contributed by atoms with Crippen LogP contribution in [0.25, 0.3) is 0 Å². The van der Waals surface area contributed by atoms with Crippen LogP contribution >= 0.6 is 0 Å². The summed E-state index contributed by atoms with van der Waals surface area (Å²) < 4.78 is 66.1. The summed E-state index contributed by atoms with van der Waals surface area (Å²) in [5, 5.41) is 11.2. The minimum atomic E-state index is -5.76. The van der Waals surface area contributed by atoms with E-state index in [1.54, 1.807) is 12.1 Å². The molecule has 1 aliphatic heterocycles. The van der Waals surface area contributed by atoms with Gasteiger partial charge < -0.3 is 9.64 Å². The number of anilines is 1. The van der Waals surface area contributed by atoms with Crippen molar-refractivity contribution in [1.82, 2.24) is 4.90 Å². The molecule has 0 atom stereocenters. The average Bonchev–Trinajstić information content (AvgIpc) is 2.64. The molecule has 1 radical (unpaired) electrons. The topological polar surface area (TPSA) is 35.6 Å². The predicted molar refractivity (Wildman–Crippen MR) is 92.1 cm³/mol. The van der Waals surface area contributed by atoms with Crippen LogP contribution in [0.1, 0.15) is 5.56 Å². The summed E-state index contributed by atoms with van der Waals surface area (Å²) >= 11 is 0. The SMILES string of the molecule is [O]c1ccc(N2CCN(Cc3ccc(OC(F)(F)C(F)(F)F)cc3)CC2)cc1. The first-order valence-corrected chi connectivity index (χ1v) is 8.61. The molecule has 0 unspecified atom stereocenters. The zero-order chi connectivity index (χ0) is 20.4. The normalized spacial score (nSPS) is 16.2. The fourth-order valence-electron chi connectivity index (χ4n) is 2.95. The first-order chi connectivity index (χ1) is 13.1. The van der Waals surface area contributed by atoms with Crippen LogP contribution in [0.15, 0.2) is 48.5 Å². The molecular weight excluding hydrogens is 383 g/mol. The third kappa shape index (κ3) is 4.83. The Labute approximate surface area is 158 Å². The molecule has 1 heterocycles. The first-order valence-electron chi connectivity index (χ1n) is 8.61. The Hall–Kier alpha value is -2.55. The summed E-state index contributed by atoms with van der Waals surface area (Å²) in [5.41, 5.74) is 1.76. The van der Waals surface area contributed by atoms with Crippen LogP contribution in [0.3, 0.4) is 0 Å². The lowest BCUT2D eigenvalue weighted by Gasteiger charge is -2.36. The lowest BCUT2D eigenvalue weighted by molar-refractivity contribution is -0.360. The van der Waals surface area contributed by atoms with E-state index in [0.29, 0.717) is 6.54 Å². The quantitative estimate of drug-likeness (QED) is 0.683. The molecule has 0 N–H and O–H groups in total. The average molecular weight is 401 g/mol. The summed E-state index contributed by atoms with van der Waals surface area (Å²) in [7, 11) is 0. The molecule has 1 aliphatic rings. The fraction of sp³-hybridized carbons (Fsp3) is 0.368. The number of nitrogens with zero attached hydrogens (tertiary/aromatic N) is 2. The van der Waals surface area contributed by atoms with Crippen LogP contribution in [0.2, 0.25) is 0 Å². The monoisotopic (exact) mass is 401 g/mol. The molecule has 151 valence electrons. The van der Waals surface area contributed by atoms with Gasteiger partial charge in [-0.25, -0.2) is 0 Å². The standard InChI is InChI=1S/C19H18F5N2O2/c20-18(21,22)19(23,24)28-17-7-1-14(2-8-17)13-25-9-11-26(12-10-25)15-3-5-16(27)6-4-15/h1-8H,9-13H2. The Kier molecular flexibility index (Phi) is 5.64. The summed E-state index contributed by atoms with van der Waals surface area (Å²) in [6.07, 6.45) is -11.0. The number of hydrogen-bond donors (Lipinski definition) is 0. The second kappa shape index (κ2) is 7.83. The number of alkyl halides is 5. The van der Waals surface area contributed by atoms with E-state index in [1.807, 2.05) is 0 Å². The van der Waals surface area contributed by atoms with Crippen molar-refractivity contribution in [2.45, 2.75) is 18.8 Å². The molecule has 0 aliphatic carbocycles. The second-order valence-corrected chi connectivity index (χ2v) is 6.52. The van der Waals surface area contributed by atoms with E-state index in [1.165, 1.54) is 24.3 Å². The van der Waals surface area contributed by atoms with Gasteiger partial charge in [-0.05, 0) is 42.0 Å². The van der Waals surface area contributed by atoms with Crippen molar-refractivity contribution in [3.05, 3.63) is 54.1 Å². The van der Waals surface area contributed by atoms with Crippen molar-refractivity contribution in [3.8, 4) is 11.5 Å². The molecule has 0 spiro atoms. The highest BCUT2D eigenvalue weighted by molar-refractivity contribution is 5.49. The minimum absolute atomic E-state index is 0.0391. The largest absolute Gasteiger partial charge is 0.499 e. The smallest absolute Gasteiger partial charge is 0.426 e. The van der Waals surface area contributed by atoms with Gasteiger partial charge in [0.1, 0.15) is 5.75 Å². The number of ether oxygens (including phenoxy) is 1. The maximum absolute atomic E-state index is 12.9. The number of benzene rings is 2. The Balaban J connectivity index is 1.52. The molecule has 0 amide bonds. The van der Waals surface area contributed by atoms with Gasteiger partial charge in [0.05, 0.1) is 0 Å². The number of piperazine rings is 1. The highest BCUT2D eigenvalue weighted by atomic mass is 19.4. The van der Waals surface area contributed by atoms with Gasteiger partial charge in [-0.1, -0.05) is 12.1 Å². The Morgan fingerprint density at radius 3 is 1.93 bits per heavy atom. The molecule has 2 aromatic rings. The highest BCUT2D eigenvalue weighted by Crippen LogP contribution is 2.37. The summed E-state index contributed by atoms with van der Waals surface area (Å²) in [4.78, 5) is 4.31. The molecule has 3 rings (SSSR count). The molecule has 2 aromatic carbocycles. The summed E-state index contributed by atoms with van der Waals surface area (Å²) in [6.45, 7) is 3.57. The number of hydrogen-bond acceptors (Lipinski definition) is 3. The minimum Gasteiger partial charge on any atom is -0.426 e. The van der Waals surface area contributed by atoms with Crippen LogP contribution in [0.5, 0.6) is 11.5 Å². The molecule has 4 nitrogen and oxygen atoms in total. The van der Waals surface area contributed by atoms with Crippen molar-refractivity contribution < 1.29 is 31.8 Å². The maximum atomic E-state index is 12.9. The summed E-state index contributed by atoms with van der Waals surface area (Å²) in [5.74, 6) is -0.583. The van der Waals surface area contributed by atoms with Crippen molar-refractivity contribution in [2.75, 3.05) is 31.1 Å². The zero-order valence-corrected chi connectivity index (χ0v) is 14.8. The van der Waals surface area contributed by atoms with Crippen molar-refractivity contribution in [2.24, 2.45) is 0 Å². The third-order valence-electron chi connectivity index (χ3n) is 4.48. The van der Waals surface area contributed by atoms with Crippen LogP contribution < -0.4 is 9.64 Å². The van der Waals surface area contributed by atoms with Crippen molar-refractivity contribution >= 4 is 5.69 Å². The second-order valence-electron chi connectivity index (χ2n) is 6.52. The molecule has 0 bridgehead atoms.